The topological polar surface area (TPSA) is 49.4 Å². The largest absolute Gasteiger partial charge is 0.358 e. The summed E-state index contributed by atoms with van der Waals surface area (Å²) in [6.07, 6.45) is 0. The number of halogens is 2. The van der Waals surface area contributed by atoms with Crippen LogP contribution in [0.25, 0.3) is 0 Å². The van der Waals surface area contributed by atoms with Crippen LogP contribution >= 0.6 is 38.5 Å². The number of nitrogens with zero attached hydrogens (tertiary/aromatic N) is 1. The summed E-state index contributed by atoms with van der Waals surface area (Å²) in [5.41, 5.74) is 0.559. The van der Waals surface area contributed by atoms with Crippen molar-refractivity contribution in [3.05, 3.63) is 31.8 Å². The highest BCUT2D eigenvalue weighted by atomic mass is 127. The zero-order valence-corrected chi connectivity index (χ0v) is 13.2. The SMILES string of the molecule is CNC(=O)CN(C)C(=O)c1cc(I)ccc1Br. The number of hydrogen-bond donors (Lipinski definition) is 1. The van der Waals surface area contributed by atoms with Gasteiger partial charge >= 0.3 is 0 Å². The summed E-state index contributed by atoms with van der Waals surface area (Å²) in [4.78, 5) is 24.7. The van der Waals surface area contributed by atoms with Gasteiger partial charge in [0.2, 0.25) is 5.91 Å². The standard InChI is InChI=1S/C11H12BrIN2O2/c1-14-10(16)6-15(2)11(17)8-5-7(13)3-4-9(8)12/h3-5H,6H2,1-2H3,(H,14,16). The lowest BCUT2D eigenvalue weighted by atomic mass is 10.2. The molecule has 0 aromatic heterocycles. The average Bonchev–Trinajstić information content (AvgIpc) is 2.31. The van der Waals surface area contributed by atoms with Gasteiger partial charge in [-0.1, -0.05) is 0 Å². The van der Waals surface area contributed by atoms with E-state index in [0.717, 1.165) is 8.04 Å². The van der Waals surface area contributed by atoms with E-state index in [0.29, 0.717) is 5.56 Å². The Morgan fingerprint density at radius 1 is 1.47 bits per heavy atom. The minimum Gasteiger partial charge on any atom is -0.358 e. The number of likely N-dealkylation sites (N-methyl/N-ethyl adjacent to an activating group) is 2. The Bertz CT molecular complexity index is 451. The van der Waals surface area contributed by atoms with Crippen LogP contribution in [-0.4, -0.2) is 37.4 Å². The number of carbonyl (C=O) groups is 2. The normalized spacial score (nSPS) is 9.88. The maximum absolute atomic E-state index is 12.1. The molecule has 0 spiro atoms. The van der Waals surface area contributed by atoms with Crippen LogP contribution in [0.3, 0.4) is 0 Å². The van der Waals surface area contributed by atoms with E-state index in [1.54, 1.807) is 20.2 Å². The molecule has 1 aromatic carbocycles. The highest BCUT2D eigenvalue weighted by Crippen LogP contribution is 2.20. The van der Waals surface area contributed by atoms with E-state index in [4.69, 9.17) is 0 Å². The first-order valence-electron chi connectivity index (χ1n) is 4.86. The third kappa shape index (κ3) is 3.95. The minimum atomic E-state index is -0.192. The van der Waals surface area contributed by atoms with Crippen molar-refractivity contribution in [2.45, 2.75) is 0 Å². The van der Waals surface area contributed by atoms with Crippen molar-refractivity contribution in [1.82, 2.24) is 10.2 Å². The van der Waals surface area contributed by atoms with Crippen LogP contribution in [-0.2, 0) is 4.79 Å². The van der Waals surface area contributed by atoms with Gasteiger partial charge in [-0.3, -0.25) is 9.59 Å². The van der Waals surface area contributed by atoms with Gasteiger partial charge in [-0.25, -0.2) is 0 Å². The van der Waals surface area contributed by atoms with E-state index in [1.807, 2.05) is 12.1 Å². The summed E-state index contributed by atoms with van der Waals surface area (Å²) in [7, 11) is 3.14. The van der Waals surface area contributed by atoms with Crippen LogP contribution in [0.15, 0.2) is 22.7 Å². The summed E-state index contributed by atoms with van der Waals surface area (Å²) in [5.74, 6) is -0.374. The van der Waals surface area contributed by atoms with Crippen LogP contribution < -0.4 is 5.32 Å². The first-order chi connectivity index (χ1) is 7.95. The lowest BCUT2D eigenvalue weighted by Gasteiger charge is -2.17. The number of rotatable bonds is 3. The van der Waals surface area contributed by atoms with Crippen LogP contribution in [0.5, 0.6) is 0 Å². The predicted molar refractivity (Wildman–Crippen MR) is 77.9 cm³/mol. The minimum absolute atomic E-state index is 0.0489. The summed E-state index contributed by atoms with van der Waals surface area (Å²) in [5, 5.41) is 2.48. The van der Waals surface area contributed by atoms with Gasteiger partial charge in [-0.05, 0) is 56.7 Å². The summed E-state index contributed by atoms with van der Waals surface area (Å²) in [6, 6.07) is 5.51. The van der Waals surface area contributed by atoms with E-state index < -0.39 is 0 Å². The van der Waals surface area contributed by atoms with E-state index in [9.17, 15) is 9.59 Å². The van der Waals surface area contributed by atoms with Crippen LogP contribution in [0.4, 0.5) is 0 Å². The molecule has 1 rings (SSSR count). The molecule has 0 saturated heterocycles. The molecule has 0 saturated carbocycles. The van der Waals surface area contributed by atoms with Gasteiger partial charge in [0.05, 0.1) is 12.1 Å². The van der Waals surface area contributed by atoms with Crippen molar-refractivity contribution in [3.63, 3.8) is 0 Å². The molecule has 2 amide bonds. The van der Waals surface area contributed by atoms with Crippen molar-refractivity contribution in [2.75, 3.05) is 20.6 Å². The molecule has 0 unspecified atom stereocenters. The molecule has 0 fully saturated rings. The van der Waals surface area contributed by atoms with Gasteiger partial charge in [0.1, 0.15) is 0 Å². The highest BCUT2D eigenvalue weighted by Gasteiger charge is 2.17. The molecular weight excluding hydrogens is 399 g/mol. The zero-order valence-electron chi connectivity index (χ0n) is 9.46. The van der Waals surface area contributed by atoms with Gasteiger partial charge in [0.15, 0.2) is 0 Å². The predicted octanol–water partition coefficient (Wildman–Crippen LogP) is 1.87. The van der Waals surface area contributed by atoms with E-state index in [2.05, 4.69) is 43.8 Å². The third-order valence-corrected chi connectivity index (χ3v) is 3.53. The number of nitrogens with one attached hydrogen (secondary N) is 1. The molecule has 0 heterocycles. The monoisotopic (exact) mass is 410 g/mol. The fourth-order valence-corrected chi connectivity index (χ4v) is 2.14. The molecule has 6 heteroatoms. The lowest BCUT2D eigenvalue weighted by molar-refractivity contribution is -0.121. The van der Waals surface area contributed by atoms with Crippen LogP contribution in [0, 0.1) is 3.57 Å². The maximum Gasteiger partial charge on any atom is 0.255 e. The second-order valence-electron chi connectivity index (χ2n) is 3.46. The molecule has 0 bridgehead atoms. The molecule has 1 aromatic rings. The molecule has 0 atom stereocenters. The fraction of sp³-hybridized carbons (Fsp3) is 0.273. The fourth-order valence-electron chi connectivity index (χ4n) is 1.23. The zero-order chi connectivity index (χ0) is 13.0. The van der Waals surface area contributed by atoms with Crippen LogP contribution in [0.1, 0.15) is 10.4 Å². The smallest absolute Gasteiger partial charge is 0.255 e. The second kappa shape index (κ2) is 6.34. The Kier molecular flexibility index (Phi) is 5.38. The first kappa shape index (κ1) is 14.4. The summed E-state index contributed by atoms with van der Waals surface area (Å²) >= 11 is 5.47. The van der Waals surface area contributed by atoms with Gasteiger partial charge in [-0.15, -0.1) is 0 Å². The Labute approximate surface area is 122 Å². The van der Waals surface area contributed by atoms with Gasteiger partial charge < -0.3 is 10.2 Å². The third-order valence-electron chi connectivity index (χ3n) is 2.17. The average molecular weight is 411 g/mol. The Hall–Kier alpha value is -0.630. The summed E-state index contributed by atoms with van der Waals surface area (Å²) in [6.45, 7) is 0.0489. The Morgan fingerprint density at radius 2 is 2.12 bits per heavy atom. The quantitative estimate of drug-likeness (QED) is 0.773. The van der Waals surface area contributed by atoms with Gasteiger partial charge in [0, 0.05) is 22.1 Å². The van der Waals surface area contributed by atoms with Gasteiger partial charge in [-0.2, -0.15) is 0 Å². The van der Waals surface area contributed by atoms with Crippen LogP contribution in [0.2, 0.25) is 0 Å². The van der Waals surface area contributed by atoms with Crippen molar-refractivity contribution in [3.8, 4) is 0 Å². The molecule has 1 N–H and O–H groups in total. The van der Waals surface area contributed by atoms with Crippen molar-refractivity contribution < 1.29 is 9.59 Å². The first-order valence-corrected chi connectivity index (χ1v) is 6.74. The molecule has 92 valence electrons. The number of hydrogen-bond acceptors (Lipinski definition) is 2. The van der Waals surface area contributed by atoms with E-state index in [1.165, 1.54) is 4.90 Å². The number of amides is 2. The molecular formula is C11H12BrIN2O2. The van der Waals surface area contributed by atoms with E-state index in [-0.39, 0.29) is 18.4 Å². The van der Waals surface area contributed by atoms with Crippen molar-refractivity contribution in [1.29, 1.82) is 0 Å². The molecule has 0 aliphatic heterocycles. The molecule has 17 heavy (non-hydrogen) atoms. The van der Waals surface area contributed by atoms with E-state index >= 15 is 0 Å². The molecule has 0 aliphatic carbocycles. The number of carbonyl (C=O) groups excluding carboxylic acids is 2. The number of benzene rings is 1. The lowest BCUT2D eigenvalue weighted by Crippen LogP contribution is -2.37. The van der Waals surface area contributed by atoms with Crippen molar-refractivity contribution in [2.24, 2.45) is 0 Å². The Morgan fingerprint density at radius 3 is 2.71 bits per heavy atom. The Balaban J connectivity index is 2.88. The van der Waals surface area contributed by atoms with Gasteiger partial charge in [0.25, 0.3) is 5.91 Å². The van der Waals surface area contributed by atoms with Crippen molar-refractivity contribution >= 4 is 50.3 Å². The molecule has 4 nitrogen and oxygen atoms in total. The highest BCUT2D eigenvalue weighted by molar-refractivity contribution is 14.1. The second-order valence-corrected chi connectivity index (χ2v) is 5.56. The molecule has 0 radical (unpaired) electrons. The molecule has 0 aliphatic rings. The summed E-state index contributed by atoms with van der Waals surface area (Å²) < 4.78 is 1.70. The maximum atomic E-state index is 12.1.